The Kier molecular flexibility index (Phi) is 4.76. The molecule has 0 heterocycles. The van der Waals surface area contributed by atoms with Gasteiger partial charge in [0.15, 0.2) is 0 Å². The number of nitrogens with one attached hydrogen (secondary N) is 1. The highest BCUT2D eigenvalue weighted by atomic mass is 79.9. The van der Waals surface area contributed by atoms with Gasteiger partial charge in [-0.05, 0) is 33.5 Å². The zero-order valence-electron chi connectivity index (χ0n) is 11.1. The van der Waals surface area contributed by atoms with Crippen LogP contribution < -0.4 is 15.8 Å². The lowest BCUT2D eigenvalue weighted by molar-refractivity contribution is -0.119. The van der Waals surface area contributed by atoms with Gasteiger partial charge in [-0.2, -0.15) is 0 Å². The molecule has 0 aromatic heterocycles. The van der Waals surface area contributed by atoms with Gasteiger partial charge in [0.05, 0.1) is 18.8 Å². The predicted octanol–water partition coefficient (Wildman–Crippen LogP) is 2.77. The Bertz CT molecular complexity index is 441. The van der Waals surface area contributed by atoms with Crippen LogP contribution >= 0.6 is 15.9 Å². The van der Waals surface area contributed by atoms with E-state index in [-0.39, 0.29) is 11.3 Å². The van der Waals surface area contributed by atoms with Crippen LogP contribution in [0.5, 0.6) is 5.75 Å². The Morgan fingerprint density at radius 3 is 2.56 bits per heavy atom. The summed E-state index contributed by atoms with van der Waals surface area (Å²) in [5, 5.41) is 2.80. The summed E-state index contributed by atoms with van der Waals surface area (Å²) in [6, 6.07) is 4.80. The van der Waals surface area contributed by atoms with Crippen LogP contribution in [-0.4, -0.2) is 19.1 Å². The minimum atomic E-state index is -0.574. The third-order valence-electron chi connectivity index (χ3n) is 2.65. The number of methoxy groups -OCH3 is 1. The van der Waals surface area contributed by atoms with E-state index in [2.05, 4.69) is 21.2 Å². The fourth-order valence-corrected chi connectivity index (χ4v) is 1.68. The average molecular weight is 315 g/mol. The Balaban J connectivity index is 2.88. The maximum atomic E-state index is 12.0. The lowest BCUT2D eigenvalue weighted by Crippen LogP contribution is -2.45. The van der Waals surface area contributed by atoms with Gasteiger partial charge in [0.1, 0.15) is 5.75 Å². The van der Waals surface area contributed by atoms with E-state index in [0.29, 0.717) is 11.4 Å². The average Bonchev–Trinajstić information content (AvgIpc) is 2.29. The van der Waals surface area contributed by atoms with Crippen molar-refractivity contribution in [3.05, 3.63) is 22.7 Å². The second-order valence-corrected chi connectivity index (χ2v) is 6.03. The molecule has 1 rings (SSSR count). The van der Waals surface area contributed by atoms with Crippen molar-refractivity contribution < 1.29 is 9.53 Å². The number of rotatable bonds is 3. The fourth-order valence-electron chi connectivity index (χ4n) is 1.33. The van der Waals surface area contributed by atoms with Crippen molar-refractivity contribution in [2.45, 2.75) is 26.8 Å². The first-order valence-corrected chi connectivity index (χ1v) is 6.45. The monoisotopic (exact) mass is 314 g/mol. The van der Waals surface area contributed by atoms with E-state index in [1.807, 2.05) is 32.9 Å². The van der Waals surface area contributed by atoms with Crippen molar-refractivity contribution in [2.75, 3.05) is 12.4 Å². The molecule has 1 aromatic rings. The second-order valence-electron chi connectivity index (χ2n) is 5.18. The zero-order valence-corrected chi connectivity index (χ0v) is 12.7. The van der Waals surface area contributed by atoms with E-state index >= 15 is 0 Å². The summed E-state index contributed by atoms with van der Waals surface area (Å²) in [6.45, 7) is 5.79. The van der Waals surface area contributed by atoms with E-state index in [9.17, 15) is 4.79 Å². The molecule has 0 radical (unpaired) electrons. The first-order valence-electron chi connectivity index (χ1n) is 5.65. The molecule has 18 heavy (non-hydrogen) atoms. The third-order valence-corrected chi connectivity index (χ3v) is 3.34. The molecule has 0 fully saturated rings. The Hall–Kier alpha value is -1.07. The Morgan fingerprint density at radius 2 is 2.06 bits per heavy atom. The van der Waals surface area contributed by atoms with Gasteiger partial charge in [0.2, 0.25) is 5.91 Å². The van der Waals surface area contributed by atoms with E-state index < -0.39 is 6.04 Å². The number of anilines is 1. The molecule has 0 aliphatic rings. The molecule has 0 spiro atoms. The smallest absolute Gasteiger partial charge is 0.241 e. The molecular formula is C13H19BrN2O2. The predicted molar refractivity (Wildman–Crippen MR) is 76.8 cm³/mol. The molecule has 0 unspecified atom stereocenters. The van der Waals surface area contributed by atoms with Crippen molar-refractivity contribution in [3.63, 3.8) is 0 Å². The number of benzene rings is 1. The third kappa shape index (κ3) is 3.71. The molecule has 0 saturated heterocycles. The van der Waals surface area contributed by atoms with Gasteiger partial charge in [-0.25, -0.2) is 0 Å². The summed E-state index contributed by atoms with van der Waals surface area (Å²) in [6.07, 6.45) is 0. The standard InChI is InChI=1S/C13H19BrN2O2/c1-13(2,3)11(15)12(17)16-10-7-8(18-4)5-6-9(10)14/h5-7,11H,15H2,1-4H3,(H,16,17)/t11-/m0/s1. The van der Waals surface area contributed by atoms with Crippen molar-refractivity contribution >= 4 is 27.5 Å². The Labute approximate surface area is 116 Å². The molecule has 1 aromatic carbocycles. The quantitative estimate of drug-likeness (QED) is 0.901. The zero-order chi connectivity index (χ0) is 13.9. The summed E-state index contributed by atoms with van der Waals surface area (Å²) in [5.41, 5.74) is 6.27. The van der Waals surface area contributed by atoms with Crippen molar-refractivity contribution in [3.8, 4) is 5.75 Å². The van der Waals surface area contributed by atoms with Gasteiger partial charge >= 0.3 is 0 Å². The maximum absolute atomic E-state index is 12.0. The highest BCUT2D eigenvalue weighted by Crippen LogP contribution is 2.28. The number of hydrogen-bond acceptors (Lipinski definition) is 3. The number of carbonyl (C=O) groups excluding carboxylic acids is 1. The van der Waals surface area contributed by atoms with E-state index in [1.54, 1.807) is 13.2 Å². The van der Waals surface area contributed by atoms with Crippen LogP contribution in [0.4, 0.5) is 5.69 Å². The minimum absolute atomic E-state index is 0.212. The highest BCUT2D eigenvalue weighted by molar-refractivity contribution is 9.10. The molecule has 0 saturated carbocycles. The van der Waals surface area contributed by atoms with Crippen molar-refractivity contribution in [1.29, 1.82) is 0 Å². The first-order chi connectivity index (χ1) is 8.25. The summed E-state index contributed by atoms with van der Waals surface area (Å²) in [4.78, 5) is 12.0. The number of hydrogen-bond donors (Lipinski definition) is 2. The number of carbonyl (C=O) groups is 1. The van der Waals surface area contributed by atoms with E-state index in [4.69, 9.17) is 10.5 Å². The Morgan fingerprint density at radius 1 is 1.44 bits per heavy atom. The second kappa shape index (κ2) is 5.71. The summed E-state index contributed by atoms with van der Waals surface area (Å²) >= 11 is 3.38. The van der Waals surface area contributed by atoms with Crippen molar-refractivity contribution in [1.82, 2.24) is 0 Å². The number of amides is 1. The van der Waals surface area contributed by atoms with Crippen LogP contribution in [0.25, 0.3) is 0 Å². The van der Waals surface area contributed by atoms with Gasteiger partial charge < -0.3 is 15.8 Å². The van der Waals surface area contributed by atoms with Crippen LogP contribution in [0.1, 0.15) is 20.8 Å². The van der Waals surface area contributed by atoms with Crippen LogP contribution in [0.2, 0.25) is 0 Å². The lowest BCUT2D eigenvalue weighted by Gasteiger charge is -2.26. The summed E-state index contributed by atoms with van der Waals surface area (Å²) in [5.74, 6) is 0.467. The molecule has 4 nitrogen and oxygen atoms in total. The lowest BCUT2D eigenvalue weighted by atomic mass is 9.87. The molecule has 5 heteroatoms. The fraction of sp³-hybridized carbons (Fsp3) is 0.462. The molecule has 3 N–H and O–H groups in total. The molecular weight excluding hydrogens is 296 g/mol. The van der Waals surface area contributed by atoms with E-state index in [0.717, 1.165) is 4.47 Å². The summed E-state index contributed by atoms with van der Waals surface area (Å²) < 4.78 is 5.91. The molecule has 1 atom stereocenters. The van der Waals surface area contributed by atoms with Crippen molar-refractivity contribution in [2.24, 2.45) is 11.1 Å². The van der Waals surface area contributed by atoms with Crippen LogP contribution in [0, 0.1) is 5.41 Å². The van der Waals surface area contributed by atoms with Gasteiger partial charge in [0, 0.05) is 10.5 Å². The maximum Gasteiger partial charge on any atom is 0.241 e. The largest absolute Gasteiger partial charge is 0.497 e. The topological polar surface area (TPSA) is 64.3 Å². The number of nitrogens with two attached hydrogens (primary N) is 1. The highest BCUT2D eigenvalue weighted by Gasteiger charge is 2.27. The number of halogens is 1. The van der Waals surface area contributed by atoms with Gasteiger partial charge in [-0.15, -0.1) is 0 Å². The first kappa shape index (κ1) is 15.0. The number of ether oxygens (including phenoxy) is 1. The van der Waals surface area contributed by atoms with Gasteiger partial charge in [0.25, 0.3) is 0 Å². The normalized spacial score (nSPS) is 13.0. The summed E-state index contributed by atoms with van der Waals surface area (Å²) in [7, 11) is 1.58. The van der Waals surface area contributed by atoms with Crippen LogP contribution in [0.3, 0.4) is 0 Å². The molecule has 0 bridgehead atoms. The van der Waals surface area contributed by atoms with Crippen LogP contribution in [0.15, 0.2) is 22.7 Å². The van der Waals surface area contributed by atoms with Gasteiger partial charge in [-0.3, -0.25) is 4.79 Å². The van der Waals surface area contributed by atoms with Gasteiger partial charge in [-0.1, -0.05) is 20.8 Å². The molecule has 100 valence electrons. The molecule has 0 aliphatic heterocycles. The minimum Gasteiger partial charge on any atom is -0.497 e. The van der Waals surface area contributed by atoms with Crippen LogP contribution in [-0.2, 0) is 4.79 Å². The molecule has 1 amide bonds. The SMILES string of the molecule is COc1ccc(Br)c(NC(=O)[C@H](N)C(C)(C)C)c1. The van der Waals surface area contributed by atoms with E-state index in [1.165, 1.54) is 0 Å². The molecule has 0 aliphatic carbocycles.